The van der Waals surface area contributed by atoms with Gasteiger partial charge in [0.05, 0.1) is 0 Å². The van der Waals surface area contributed by atoms with Crippen molar-refractivity contribution in [2.45, 2.75) is 6.92 Å². The SMILES string of the molecule is Cc1ccc(C(=O)Nc2ccc(OCC(N)=O)cc2)cc1Cl. The molecule has 0 spiro atoms. The molecule has 0 radical (unpaired) electrons. The van der Waals surface area contributed by atoms with Gasteiger partial charge in [-0.25, -0.2) is 0 Å². The number of primary amides is 1. The largest absolute Gasteiger partial charge is 0.484 e. The topological polar surface area (TPSA) is 81.4 Å². The number of carbonyl (C=O) groups is 2. The minimum absolute atomic E-state index is 0.187. The Kier molecular flexibility index (Phi) is 5.01. The Bertz CT molecular complexity index is 699. The van der Waals surface area contributed by atoms with Crippen molar-refractivity contribution in [2.24, 2.45) is 5.73 Å². The van der Waals surface area contributed by atoms with E-state index in [0.29, 0.717) is 22.0 Å². The lowest BCUT2D eigenvalue weighted by Gasteiger charge is -2.08. The van der Waals surface area contributed by atoms with Crippen molar-refractivity contribution in [3.8, 4) is 5.75 Å². The molecule has 0 aliphatic carbocycles. The van der Waals surface area contributed by atoms with Crippen LogP contribution < -0.4 is 15.8 Å². The van der Waals surface area contributed by atoms with Crippen LogP contribution in [0.5, 0.6) is 5.75 Å². The molecule has 0 saturated carbocycles. The van der Waals surface area contributed by atoms with Crippen LogP contribution in [0.1, 0.15) is 15.9 Å². The Morgan fingerprint density at radius 3 is 2.45 bits per heavy atom. The summed E-state index contributed by atoms with van der Waals surface area (Å²) in [5.41, 5.74) is 6.98. The molecule has 0 bridgehead atoms. The second-order valence-electron chi connectivity index (χ2n) is 4.70. The van der Waals surface area contributed by atoms with Gasteiger partial charge in [0.1, 0.15) is 5.75 Å². The van der Waals surface area contributed by atoms with Crippen molar-refractivity contribution in [2.75, 3.05) is 11.9 Å². The fraction of sp³-hybridized carbons (Fsp3) is 0.125. The predicted molar refractivity (Wildman–Crippen MR) is 85.3 cm³/mol. The number of carbonyl (C=O) groups excluding carboxylic acids is 2. The highest BCUT2D eigenvalue weighted by Gasteiger charge is 2.08. The molecular weight excluding hydrogens is 304 g/mol. The van der Waals surface area contributed by atoms with Crippen LogP contribution in [0, 0.1) is 6.92 Å². The summed E-state index contributed by atoms with van der Waals surface area (Å²) in [5, 5.41) is 3.30. The van der Waals surface area contributed by atoms with E-state index in [1.54, 1.807) is 42.5 Å². The predicted octanol–water partition coefficient (Wildman–Crippen LogP) is 2.76. The molecule has 0 aliphatic rings. The molecular formula is C16H15ClN2O3. The highest BCUT2D eigenvalue weighted by atomic mass is 35.5. The fourth-order valence-electron chi connectivity index (χ4n) is 1.73. The molecule has 0 fully saturated rings. The zero-order valence-corrected chi connectivity index (χ0v) is 12.7. The molecule has 0 aliphatic heterocycles. The Labute approximate surface area is 133 Å². The van der Waals surface area contributed by atoms with Gasteiger partial charge in [0, 0.05) is 16.3 Å². The number of nitrogens with one attached hydrogen (secondary N) is 1. The van der Waals surface area contributed by atoms with Crippen molar-refractivity contribution in [3.63, 3.8) is 0 Å². The van der Waals surface area contributed by atoms with Gasteiger partial charge in [-0.2, -0.15) is 0 Å². The molecule has 0 aromatic heterocycles. The van der Waals surface area contributed by atoms with E-state index in [1.165, 1.54) is 0 Å². The summed E-state index contributed by atoms with van der Waals surface area (Å²) in [4.78, 5) is 22.7. The zero-order chi connectivity index (χ0) is 16.1. The lowest BCUT2D eigenvalue weighted by molar-refractivity contribution is -0.119. The van der Waals surface area contributed by atoms with Crippen LogP contribution in [0.4, 0.5) is 5.69 Å². The molecule has 2 aromatic carbocycles. The van der Waals surface area contributed by atoms with Crippen molar-refractivity contribution in [1.29, 1.82) is 0 Å². The van der Waals surface area contributed by atoms with E-state index in [9.17, 15) is 9.59 Å². The van der Waals surface area contributed by atoms with Gasteiger partial charge >= 0.3 is 0 Å². The quantitative estimate of drug-likeness (QED) is 0.889. The fourth-order valence-corrected chi connectivity index (χ4v) is 1.91. The first-order valence-electron chi connectivity index (χ1n) is 6.54. The van der Waals surface area contributed by atoms with Gasteiger partial charge in [0.15, 0.2) is 6.61 Å². The summed E-state index contributed by atoms with van der Waals surface area (Å²) >= 11 is 6.01. The number of ether oxygens (including phenoxy) is 1. The van der Waals surface area contributed by atoms with E-state index in [-0.39, 0.29) is 12.5 Å². The highest BCUT2D eigenvalue weighted by molar-refractivity contribution is 6.31. The molecule has 2 amide bonds. The number of benzene rings is 2. The molecule has 2 rings (SSSR count). The van der Waals surface area contributed by atoms with E-state index in [2.05, 4.69) is 5.32 Å². The van der Waals surface area contributed by atoms with Crippen LogP contribution in [0.2, 0.25) is 5.02 Å². The maximum atomic E-state index is 12.1. The minimum atomic E-state index is -0.548. The number of rotatable bonds is 5. The van der Waals surface area contributed by atoms with Crippen LogP contribution in [0.25, 0.3) is 0 Å². The van der Waals surface area contributed by atoms with Crippen molar-refractivity contribution < 1.29 is 14.3 Å². The van der Waals surface area contributed by atoms with Gasteiger partial charge in [-0.05, 0) is 48.9 Å². The van der Waals surface area contributed by atoms with Crippen molar-refractivity contribution in [3.05, 3.63) is 58.6 Å². The van der Waals surface area contributed by atoms with Crippen LogP contribution in [0.15, 0.2) is 42.5 Å². The normalized spacial score (nSPS) is 10.1. The second-order valence-corrected chi connectivity index (χ2v) is 5.10. The molecule has 3 N–H and O–H groups in total. The molecule has 22 heavy (non-hydrogen) atoms. The van der Waals surface area contributed by atoms with Crippen LogP contribution in [0.3, 0.4) is 0 Å². The Morgan fingerprint density at radius 1 is 1.18 bits per heavy atom. The first-order valence-corrected chi connectivity index (χ1v) is 6.92. The molecule has 2 aromatic rings. The Balaban J connectivity index is 2.02. The summed E-state index contributed by atoms with van der Waals surface area (Å²) < 4.78 is 5.14. The van der Waals surface area contributed by atoms with E-state index in [0.717, 1.165) is 5.56 Å². The number of anilines is 1. The average Bonchev–Trinajstić information content (AvgIpc) is 2.49. The third kappa shape index (κ3) is 4.23. The van der Waals surface area contributed by atoms with Gasteiger partial charge in [-0.3, -0.25) is 9.59 Å². The second kappa shape index (κ2) is 6.95. The third-order valence-electron chi connectivity index (χ3n) is 2.93. The Hall–Kier alpha value is -2.53. The molecule has 0 unspecified atom stereocenters. The summed E-state index contributed by atoms with van der Waals surface area (Å²) in [7, 11) is 0. The van der Waals surface area contributed by atoms with Gasteiger partial charge in [0.2, 0.25) is 0 Å². The number of aryl methyl sites for hydroxylation is 1. The maximum Gasteiger partial charge on any atom is 0.255 e. The first-order chi connectivity index (χ1) is 10.5. The minimum Gasteiger partial charge on any atom is -0.484 e. The molecule has 0 atom stereocenters. The van der Waals surface area contributed by atoms with Crippen LogP contribution >= 0.6 is 11.6 Å². The van der Waals surface area contributed by atoms with E-state index >= 15 is 0 Å². The standard InChI is InChI=1S/C16H15ClN2O3/c1-10-2-3-11(8-14(10)17)16(21)19-12-4-6-13(7-5-12)22-9-15(18)20/h2-8H,9H2,1H3,(H2,18,20)(H,19,21). The average molecular weight is 319 g/mol. The molecule has 0 heterocycles. The molecule has 5 nitrogen and oxygen atoms in total. The van der Waals surface area contributed by atoms with Crippen LogP contribution in [-0.4, -0.2) is 18.4 Å². The number of nitrogens with two attached hydrogens (primary N) is 1. The number of hydrogen-bond donors (Lipinski definition) is 2. The lowest BCUT2D eigenvalue weighted by atomic mass is 10.1. The summed E-state index contributed by atoms with van der Waals surface area (Å²) in [6, 6.07) is 11.7. The molecule has 114 valence electrons. The monoisotopic (exact) mass is 318 g/mol. The van der Waals surface area contributed by atoms with Gasteiger partial charge in [-0.15, -0.1) is 0 Å². The third-order valence-corrected chi connectivity index (χ3v) is 3.33. The van der Waals surface area contributed by atoms with E-state index < -0.39 is 5.91 Å². The summed E-state index contributed by atoms with van der Waals surface area (Å²) in [6.07, 6.45) is 0. The van der Waals surface area contributed by atoms with E-state index in [4.69, 9.17) is 22.1 Å². The molecule has 6 heteroatoms. The van der Waals surface area contributed by atoms with Gasteiger partial charge in [0.25, 0.3) is 11.8 Å². The van der Waals surface area contributed by atoms with Gasteiger partial charge in [-0.1, -0.05) is 17.7 Å². The summed E-state index contributed by atoms with van der Waals surface area (Å²) in [6.45, 7) is 1.68. The zero-order valence-electron chi connectivity index (χ0n) is 11.9. The smallest absolute Gasteiger partial charge is 0.255 e. The Morgan fingerprint density at radius 2 is 1.86 bits per heavy atom. The van der Waals surface area contributed by atoms with Crippen LogP contribution in [-0.2, 0) is 4.79 Å². The first kappa shape index (κ1) is 15.9. The van der Waals surface area contributed by atoms with E-state index in [1.807, 2.05) is 6.92 Å². The number of hydrogen-bond acceptors (Lipinski definition) is 3. The summed E-state index contributed by atoms with van der Waals surface area (Å²) in [5.74, 6) is -0.309. The molecule has 0 saturated heterocycles. The lowest BCUT2D eigenvalue weighted by Crippen LogP contribution is -2.20. The van der Waals surface area contributed by atoms with Gasteiger partial charge < -0.3 is 15.8 Å². The van der Waals surface area contributed by atoms with Crippen molar-refractivity contribution >= 4 is 29.1 Å². The van der Waals surface area contributed by atoms with Crippen molar-refractivity contribution in [1.82, 2.24) is 0 Å². The number of amides is 2. The highest BCUT2D eigenvalue weighted by Crippen LogP contribution is 2.19. The maximum absolute atomic E-state index is 12.1. The number of halogens is 1.